The second-order valence-corrected chi connectivity index (χ2v) is 16.0. The molecule has 1 unspecified atom stereocenters. The van der Waals surface area contributed by atoms with Crippen molar-refractivity contribution in [2.45, 2.75) is 232 Å². The van der Waals surface area contributed by atoms with Crippen LogP contribution in [0.4, 0.5) is 0 Å². The molecule has 6 nitrogen and oxygen atoms in total. The molecule has 0 aliphatic heterocycles. The predicted octanol–water partition coefficient (Wildman–Crippen LogP) is 15.9. The van der Waals surface area contributed by atoms with E-state index in [4.69, 9.17) is 14.2 Å². The highest BCUT2D eigenvalue weighted by Crippen LogP contribution is 2.13. The fourth-order valence-electron chi connectivity index (χ4n) is 6.49. The van der Waals surface area contributed by atoms with E-state index in [0.29, 0.717) is 19.3 Å². The minimum Gasteiger partial charge on any atom is -0.462 e. The number of hydrogen-bond donors (Lipinski definition) is 0. The maximum Gasteiger partial charge on any atom is 0.306 e. The average Bonchev–Trinajstić information content (AvgIpc) is 3.23. The summed E-state index contributed by atoms with van der Waals surface area (Å²) in [6.45, 7) is 6.41. The van der Waals surface area contributed by atoms with Crippen LogP contribution in [0.5, 0.6) is 0 Å². The SMILES string of the molecule is CC/C=C\C/C=C\C/C=C\CCCCCCCCC(=O)OCC(COC(=O)CCCCCC/C=C\CCCC)OC(=O)CCCCCCCC/C=C\C=C/CCCCC. The van der Waals surface area contributed by atoms with Crippen molar-refractivity contribution in [3.63, 3.8) is 0 Å². The lowest BCUT2D eigenvalue weighted by atomic mass is 10.1. The largest absolute Gasteiger partial charge is 0.462 e. The monoisotopic (exact) mass is 823 g/mol. The van der Waals surface area contributed by atoms with Gasteiger partial charge in [0.25, 0.3) is 0 Å². The van der Waals surface area contributed by atoms with Crippen molar-refractivity contribution in [2.75, 3.05) is 13.2 Å². The minimum absolute atomic E-state index is 0.0912. The number of ether oxygens (including phenoxy) is 3. The number of esters is 3. The smallest absolute Gasteiger partial charge is 0.306 e. The van der Waals surface area contributed by atoms with E-state index in [2.05, 4.69) is 93.7 Å². The Morgan fingerprint density at radius 2 is 0.729 bits per heavy atom. The van der Waals surface area contributed by atoms with Gasteiger partial charge in [-0.15, -0.1) is 0 Å². The number of hydrogen-bond acceptors (Lipinski definition) is 6. The molecule has 0 saturated carbocycles. The summed E-state index contributed by atoms with van der Waals surface area (Å²) in [5.74, 6) is -0.931. The molecule has 0 radical (unpaired) electrons. The van der Waals surface area contributed by atoms with E-state index in [1.807, 2.05) is 0 Å². The van der Waals surface area contributed by atoms with Gasteiger partial charge in [-0.25, -0.2) is 0 Å². The fourth-order valence-corrected chi connectivity index (χ4v) is 6.49. The zero-order valence-electron chi connectivity index (χ0n) is 38.5. The fraction of sp³-hybridized carbons (Fsp3) is 0.717. The van der Waals surface area contributed by atoms with E-state index >= 15 is 0 Å². The van der Waals surface area contributed by atoms with Crippen LogP contribution in [-0.4, -0.2) is 37.2 Å². The Bertz CT molecular complexity index is 1130. The van der Waals surface area contributed by atoms with Crippen molar-refractivity contribution in [3.8, 4) is 0 Å². The summed E-state index contributed by atoms with van der Waals surface area (Å²) >= 11 is 0. The van der Waals surface area contributed by atoms with Crippen LogP contribution in [0.15, 0.2) is 72.9 Å². The number of unbranched alkanes of at least 4 members (excludes halogenated alkanes) is 21. The van der Waals surface area contributed by atoms with E-state index in [1.54, 1.807) is 0 Å². The van der Waals surface area contributed by atoms with Gasteiger partial charge in [0.05, 0.1) is 0 Å². The molecule has 0 amide bonds. The van der Waals surface area contributed by atoms with Gasteiger partial charge in [0.2, 0.25) is 0 Å². The molecule has 0 rings (SSSR count). The molecule has 338 valence electrons. The zero-order valence-corrected chi connectivity index (χ0v) is 38.5. The number of carbonyl (C=O) groups excluding carboxylic acids is 3. The van der Waals surface area contributed by atoms with Gasteiger partial charge in [0, 0.05) is 19.3 Å². The molecule has 6 heteroatoms. The van der Waals surface area contributed by atoms with E-state index < -0.39 is 6.10 Å². The van der Waals surface area contributed by atoms with Crippen molar-refractivity contribution in [2.24, 2.45) is 0 Å². The van der Waals surface area contributed by atoms with Crippen LogP contribution in [0, 0.1) is 0 Å². The van der Waals surface area contributed by atoms with Crippen LogP contribution in [0.1, 0.15) is 226 Å². The molecule has 0 bridgehead atoms. The van der Waals surface area contributed by atoms with Crippen LogP contribution in [0.2, 0.25) is 0 Å². The molecule has 0 aromatic heterocycles. The van der Waals surface area contributed by atoms with Crippen LogP contribution in [0.25, 0.3) is 0 Å². The van der Waals surface area contributed by atoms with E-state index in [9.17, 15) is 14.4 Å². The summed E-state index contributed by atoms with van der Waals surface area (Å²) in [7, 11) is 0. The molecule has 0 heterocycles. The molecule has 1 atom stereocenters. The second kappa shape index (κ2) is 47.5. The van der Waals surface area contributed by atoms with Crippen LogP contribution < -0.4 is 0 Å². The van der Waals surface area contributed by atoms with Gasteiger partial charge in [0.15, 0.2) is 6.10 Å². The Kier molecular flexibility index (Phi) is 45.0. The number of allylic oxidation sites excluding steroid dienone is 12. The molecule has 0 aliphatic rings. The van der Waals surface area contributed by atoms with Crippen molar-refractivity contribution < 1.29 is 28.6 Å². The molecule has 0 fully saturated rings. The third kappa shape index (κ3) is 45.8. The van der Waals surface area contributed by atoms with Crippen LogP contribution >= 0.6 is 0 Å². The number of carbonyl (C=O) groups is 3. The molecule has 0 aromatic rings. The molecule has 0 spiro atoms. The first-order valence-electron chi connectivity index (χ1n) is 24.5. The summed E-state index contributed by atoms with van der Waals surface area (Å²) in [5, 5.41) is 0. The first-order chi connectivity index (χ1) is 29.0. The highest BCUT2D eigenvalue weighted by atomic mass is 16.6. The lowest BCUT2D eigenvalue weighted by Crippen LogP contribution is -2.30. The van der Waals surface area contributed by atoms with E-state index in [-0.39, 0.29) is 31.1 Å². The van der Waals surface area contributed by atoms with E-state index in [1.165, 1.54) is 70.6 Å². The maximum atomic E-state index is 12.8. The Morgan fingerprint density at radius 1 is 0.373 bits per heavy atom. The van der Waals surface area contributed by atoms with Crippen molar-refractivity contribution in [3.05, 3.63) is 72.9 Å². The molecule has 0 aliphatic carbocycles. The molecule has 0 saturated heterocycles. The van der Waals surface area contributed by atoms with Crippen molar-refractivity contribution in [1.82, 2.24) is 0 Å². The van der Waals surface area contributed by atoms with Gasteiger partial charge in [-0.2, -0.15) is 0 Å². The predicted molar refractivity (Wildman–Crippen MR) is 251 cm³/mol. The summed E-state index contributed by atoms with van der Waals surface area (Å²) in [6.07, 6.45) is 58.8. The average molecular weight is 823 g/mol. The normalized spacial score (nSPS) is 12.7. The quantitative estimate of drug-likeness (QED) is 0.0200. The van der Waals surface area contributed by atoms with E-state index in [0.717, 1.165) is 116 Å². The third-order valence-electron chi connectivity index (χ3n) is 10.2. The van der Waals surface area contributed by atoms with Crippen molar-refractivity contribution >= 4 is 17.9 Å². The summed E-state index contributed by atoms with van der Waals surface area (Å²) in [4.78, 5) is 37.8. The Labute approximate surface area is 363 Å². The topological polar surface area (TPSA) is 78.9 Å². The summed E-state index contributed by atoms with van der Waals surface area (Å²) < 4.78 is 16.7. The molecule has 0 aromatic carbocycles. The van der Waals surface area contributed by atoms with Gasteiger partial charge in [0.1, 0.15) is 13.2 Å². The standard InChI is InChI=1S/C53H90O6/c1-4-7-10-13-16-19-22-24-26-28-29-31-34-37-40-43-46-52(55)58-49-50(48-57-51(54)45-42-39-36-33-21-18-15-12-9-6-3)59-53(56)47-44-41-38-35-32-30-27-25-23-20-17-14-11-8-5-2/h7,10,15-20,23-26,50H,4-6,8-9,11-14,21-22,27-49H2,1-3H3/b10-7-,18-15-,19-16-,20-17-,25-23-,26-24-. The first-order valence-corrected chi connectivity index (χ1v) is 24.5. The van der Waals surface area contributed by atoms with Gasteiger partial charge < -0.3 is 14.2 Å². The summed E-state index contributed by atoms with van der Waals surface area (Å²) in [5.41, 5.74) is 0. The lowest BCUT2D eigenvalue weighted by molar-refractivity contribution is -0.167. The first kappa shape index (κ1) is 55.9. The maximum absolute atomic E-state index is 12.8. The van der Waals surface area contributed by atoms with Gasteiger partial charge in [-0.05, 0) is 96.3 Å². The lowest BCUT2D eigenvalue weighted by Gasteiger charge is -2.18. The second-order valence-electron chi connectivity index (χ2n) is 16.0. The van der Waals surface area contributed by atoms with Crippen LogP contribution in [0.3, 0.4) is 0 Å². The Morgan fingerprint density at radius 3 is 1.20 bits per heavy atom. The van der Waals surface area contributed by atoms with Gasteiger partial charge >= 0.3 is 17.9 Å². The molecular formula is C53H90O6. The molecule has 0 N–H and O–H groups in total. The van der Waals surface area contributed by atoms with Crippen LogP contribution in [-0.2, 0) is 28.6 Å². The highest BCUT2D eigenvalue weighted by Gasteiger charge is 2.19. The molecule has 59 heavy (non-hydrogen) atoms. The zero-order chi connectivity index (χ0) is 43.0. The van der Waals surface area contributed by atoms with Crippen molar-refractivity contribution in [1.29, 1.82) is 0 Å². The Balaban J connectivity index is 4.41. The highest BCUT2D eigenvalue weighted by molar-refractivity contribution is 5.71. The Hall–Kier alpha value is -3.15. The minimum atomic E-state index is -0.790. The number of rotatable bonds is 43. The molecular weight excluding hydrogens is 733 g/mol. The van der Waals surface area contributed by atoms with Gasteiger partial charge in [-0.1, -0.05) is 184 Å². The summed E-state index contributed by atoms with van der Waals surface area (Å²) in [6, 6.07) is 0. The van der Waals surface area contributed by atoms with Gasteiger partial charge in [-0.3, -0.25) is 14.4 Å². The third-order valence-corrected chi connectivity index (χ3v) is 10.2.